The summed E-state index contributed by atoms with van der Waals surface area (Å²) in [5.74, 6) is -0.0823. The third kappa shape index (κ3) is 33.8. The molecule has 6 heteroatoms. The lowest BCUT2D eigenvalue weighted by Gasteiger charge is -2.18. The first-order valence-electron chi connectivity index (χ1n) is 19.9. The number of hydrogen-bond acceptors (Lipinski definition) is 6. The molecule has 0 radical (unpaired) electrons. The molecule has 0 heterocycles. The van der Waals surface area contributed by atoms with Gasteiger partial charge >= 0.3 is 17.9 Å². The minimum atomic E-state index is -0.756. The number of esters is 3. The summed E-state index contributed by atoms with van der Waals surface area (Å²) >= 11 is 0. The first-order valence-corrected chi connectivity index (χ1v) is 19.9. The Morgan fingerprint density at radius 1 is 0.413 bits per heavy atom. The predicted octanol–water partition coefficient (Wildman–Crippen LogP) is 12.0. The molecule has 0 saturated carbocycles. The van der Waals surface area contributed by atoms with Gasteiger partial charge < -0.3 is 14.2 Å². The van der Waals surface area contributed by atoms with Gasteiger partial charge in [0.25, 0.3) is 0 Å². The lowest BCUT2D eigenvalue weighted by atomic mass is 10.0. The fraction of sp³-hybridized carbons (Fsp3) is 0.925. The van der Waals surface area contributed by atoms with Gasteiger partial charge in [-0.3, -0.25) is 14.4 Å². The molecule has 1 atom stereocenters. The molecule has 0 aromatic carbocycles. The van der Waals surface area contributed by atoms with Crippen LogP contribution in [-0.2, 0) is 28.6 Å². The van der Waals surface area contributed by atoms with E-state index < -0.39 is 6.10 Å². The zero-order valence-electron chi connectivity index (χ0n) is 31.0. The molecular weight excluding hydrogens is 576 g/mol. The van der Waals surface area contributed by atoms with Crippen molar-refractivity contribution in [2.75, 3.05) is 13.2 Å². The van der Waals surface area contributed by atoms with Gasteiger partial charge in [-0.2, -0.15) is 0 Å². The molecule has 0 aromatic heterocycles. The van der Waals surface area contributed by atoms with Crippen LogP contribution in [-0.4, -0.2) is 37.2 Å². The summed E-state index contributed by atoms with van der Waals surface area (Å²) in [6.45, 7) is 8.85. The van der Waals surface area contributed by atoms with Crippen LogP contribution in [0, 0.1) is 5.92 Å². The molecule has 0 spiro atoms. The van der Waals surface area contributed by atoms with Crippen molar-refractivity contribution in [1.29, 1.82) is 0 Å². The van der Waals surface area contributed by atoms with E-state index in [0.717, 1.165) is 70.1 Å². The Bertz CT molecular complexity index is 691. The van der Waals surface area contributed by atoms with E-state index in [9.17, 15) is 14.4 Å². The van der Waals surface area contributed by atoms with Crippen molar-refractivity contribution in [3.63, 3.8) is 0 Å². The molecule has 0 aliphatic carbocycles. The monoisotopic (exact) mass is 653 g/mol. The molecule has 0 aliphatic heterocycles. The van der Waals surface area contributed by atoms with E-state index in [0.29, 0.717) is 19.3 Å². The van der Waals surface area contributed by atoms with Gasteiger partial charge in [0.05, 0.1) is 0 Å². The molecule has 0 rings (SSSR count). The summed E-state index contributed by atoms with van der Waals surface area (Å²) in [5.41, 5.74) is 0. The molecule has 0 unspecified atom stereocenters. The van der Waals surface area contributed by atoms with Gasteiger partial charge in [0.1, 0.15) is 13.2 Å². The first-order chi connectivity index (χ1) is 22.4. The van der Waals surface area contributed by atoms with Crippen LogP contribution in [0.3, 0.4) is 0 Å². The minimum Gasteiger partial charge on any atom is -0.462 e. The van der Waals surface area contributed by atoms with Crippen molar-refractivity contribution in [1.82, 2.24) is 0 Å². The second kappa shape index (κ2) is 34.7. The van der Waals surface area contributed by atoms with Crippen LogP contribution in [0.5, 0.6) is 0 Å². The lowest BCUT2D eigenvalue weighted by Crippen LogP contribution is -2.30. The molecule has 0 N–H and O–H groups in total. The molecule has 0 aromatic rings. The fourth-order valence-corrected chi connectivity index (χ4v) is 5.74. The summed E-state index contributed by atoms with van der Waals surface area (Å²) in [6, 6.07) is 0. The highest BCUT2D eigenvalue weighted by Crippen LogP contribution is 2.15. The van der Waals surface area contributed by atoms with Crippen molar-refractivity contribution in [3.05, 3.63) is 0 Å². The SMILES string of the molecule is CCCCCCCCCCCCCCC(=O)OC[C@H](COC(=O)CCCCCCCCCCC(C)C)OC(=O)CCCCCCC. The highest BCUT2D eigenvalue weighted by molar-refractivity contribution is 5.71. The summed E-state index contributed by atoms with van der Waals surface area (Å²) in [6.07, 6.45) is 31.2. The smallest absolute Gasteiger partial charge is 0.306 e. The summed E-state index contributed by atoms with van der Waals surface area (Å²) < 4.78 is 16.5. The van der Waals surface area contributed by atoms with Gasteiger partial charge in [0.2, 0.25) is 0 Å². The third-order valence-corrected chi connectivity index (χ3v) is 8.79. The summed E-state index contributed by atoms with van der Waals surface area (Å²) in [5, 5.41) is 0. The Morgan fingerprint density at radius 2 is 0.717 bits per heavy atom. The van der Waals surface area contributed by atoms with Crippen molar-refractivity contribution in [2.45, 2.75) is 220 Å². The Morgan fingerprint density at radius 3 is 1.07 bits per heavy atom. The molecule has 0 saturated heterocycles. The molecule has 0 bridgehead atoms. The van der Waals surface area contributed by atoms with Crippen LogP contribution >= 0.6 is 0 Å². The zero-order chi connectivity index (χ0) is 33.9. The summed E-state index contributed by atoms with van der Waals surface area (Å²) in [7, 11) is 0. The van der Waals surface area contributed by atoms with Gasteiger partial charge in [-0.05, 0) is 25.2 Å². The second-order valence-corrected chi connectivity index (χ2v) is 14.0. The van der Waals surface area contributed by atoms with Crippen LogP contribution < -0.4 is 0 Å². The fourth-order valence-electron chi connectivity index (χ4n) is 5.74. The largest absolute Gasteiger partial charge is 0.462 e. The summed E-state index contributed by atoms with van der Waals surface area (Å²) in [4.78, 5) is 37.2. The Hall–Kier alpha value is -1.59. The third-order valence-electron chi connectivity index (χ3n) is 8.79. The maximum atomic E-state index is 12.5. The molecule has 0 fully saturated rings. The van der Waals surface area contributed by atoms with Crippen LogP contribution in [0.2, 0.25) is 0 Å². The van der Waals surface area contributed by atoms with Gasteiger partial charge in [0.15, 0.2) is 6.10 Å². The second-order valence-electron chi connectivity index (χ2n) is 14.0. The Labute approximate surface area is 285 Å². The van der Waals surface area contributed by atoms with Crippen LogP contribution in [0.15, 0.2) is 0 Å². The van der Waals surface area contributed by atoms with E-state index in [2.05, 4.69) is 27.7 Å². The molecule has 0 amide bonds. The van der Waals surface area contributed by atoms with Crippen LogP contribution in [0.1, 0.15) is 214 Å². The van der Waals surface area contributed by atoms with Gasteiger partial charge in [0, 0.05) is 19.3 Å². The number of unbranched alkanes of at least 4 members (excludes halogenated alkanes) is 22. The predicted molar refractivity (Wildman–Crippen MR) is 192 cm³/mol. The van der Waals surface area contributed by atoms with Crippen LogP contribution in [0.25, 0.3) is 0 Å². The van der Waals surface area contributed by atoms with E-state index in [4.69, 9.17) is 14.2 Å². The molecular formula is C40H76O6. The van der Waals surface area contributed by atoms with E-state index >= 15 is 0 Å². The minimum absolute atomic E-state index is 0.0664. The van der Waals surface area contributed by atoms with Crippen molar-refractivity contribution in [3.8, 4) is 0 Å². The maximum Gasteiger partial charge on any atom is 0.306 e. The zero-order valence-corrected chi connectivity index (χ0v) is 31.0. The standard InChI is InChI=1S/C40H76O6/c1-5-7-9-11-12-13-14-15-16-20-24-27-31-38(41)44-34-37(46-40(43)33-29-22-10-8-6-2)35-45-39(42)32-28-25-21-18-17-19-23-26-30-36(3)4/h36-37H,5-35H2,1-4H3/t37-/m1/s1. The maximum absolute atomic E-state index is 12.5. The number of hydrogen-bond donors (Lipinski definition) is 0. The Balaban J connectivity index is 4.22. The number of rotatable bonds is 35. The molecule has 46 heavy (non-hydrogen) atoms. The van der Waals surface area contributed by atoms with E-state index in [-0.39, 0.29) is 31.1 Å². The normalized spacial score (nSPS) is 11.9. The highest BCUT2D eigenvalue weighted by atomic mass is 16.6. The van der Waals surface area contributed by atoms with E-state index in [1.165, 1.54) is 103 Å². The lowest BCUT2D eigenvalue weighted by molar-refractivity contribution is -0.167. The van der Waals surface area contributed by atoms with Crippen LogP contribution in [0.4, 0.5) is 0 Å². The highest BCUT2D eigenvalue weighted by Gasteiger charge is 2.19. The average Bonchev–Trinajstić information content (AvgIpc) is 3.03. The number of carbonyl (C=O) groups is 3. The Kier molecular flexibility index (Phi) is 33.5. The van der Waals surface area contributed by atoms with Gasteiger partial charge in [-0.15, -0.1) is 0 Å². The van der Waals surface area contributed by atoms with Crippen molar-refractivity contribution in [2.24, 2.45) is 5.92 Å². The molecule has 0 aliphatic rings. The van der Waals surface area contributed by atoms with E-state index in [1.807, 2.05) is 0 Å². The van der Waals surface area contributed by atoms with Gasteiger partial charge in [-0.1, -0.05) is 175 Å². The molecule has 6 nitrogen and oxygen atoms in total. The topological polar surface area (TPSA) is 78.9 Å². The van der Waals surface area contributed by atoms with Crippen molar-refractivity contribution < 1.29 is 28.6 Å². The average molecular weight is 653 g/mol. The molecule has 272 valence electrons. The van der Waals surface area contributed by atoms with Gasteiger partial charge in [-0.25, -0.2) is 0 Å². The first kappa shape index (κ1) is 44.4. The van der Waals surface area contributed by atoms with Crippen molar-refractivity contribution >= 4 is 17.9 Å². The number of carbonyl (C=O) groups excluding carboxylic acids is 3. The van der Waals surface area contributed by atoms with E-state index in [1.54, 1.807) is 0 Å². The quantitative estimate of drug-likeness (QED) is 0.0385. The number of ether oxygens (including phenoxy) is 3.